The van der Waals surface area contributed by atoms with Crippen LogP contribution in [-0.4, -0.2) is 14.2 Å². The van der Waals surface area contributed by atoms with Crippen LogP contribution in [0.3, 0.4) is 0 Å². The van der Waals surface area contributed by atoms with E-state index in [9.17, 15) is 8.42 Å². The number of benzene rings is 1. The van der Waals surface area contributed by atoms with E-state index in [1.165, 1.54) is 6.07 Å². The van der Waals surface area contributed by atoms with Gasteiger partial charge in [-0.2, -0.15) is 0 Å². The average Bonchev–Trinajstić information content (AvgIpc) is 2.16. The number of nitrogens with two attached hydrogens (primary N) is 1. The van der Waals surface area contributed by atoms with Gasteiger partial charge in [0.15, 0.2) is 9.84 Å². The Morgan fingerprint density at radius 1 is 1.40 bits per heavy atom. The fraction of sp³-hybridized carbons (Fsp3) is 0.400. The van der Waals surface area contributed by atoms with Crippen LogP contribution < -0.4 is 11.3 Å². The van der Waals surface area contributed by atoms with E-state index in [2.05, 4.69) is 5.43 Å². The van der Waals surface area contributed by atoms with Crippen molar-refractivity contribution in [2.75, 3.05) is 11.2 Å². The first-order chi connectivity index (χ1) is 6.95. The molecule has 0 atom stereocenters. The number of nitrogens with one attached hydrogen (secondary N) is 1. The second kappa shape index (κ2) is 4.63. The lowest BCUT2D eigenvalue weighted by atomic mass is 10.3. The zero-order valence-corrected chi connectivity index (χ0v) is 9.71. The van der Waals surface area contributed by atoms with Gasteiger partial charge in [-0.05, 0) is 24.1 Å². The summed E-state index contributed by atoms with van der Waals surface area (Å²) in [6, 6.07) is 6.51. The highest BCUT2D eigenvalue weighted by Crippen LogP contribution is 2.17. The minimum atomic E-state index is -3.19. The minimum absolute atomic E-state index is 0.115. The second-order valence-corrected chi connectivity index (χ2v) is 5.88. The molecule has 4 nitrogen and oxygen atoms in total. The lowest BCUT2D eigenvalue weighted by molar-refractivity contribution is 0.582. The van der Waals surface area contributed by atoms with Gasteiger partial charge in [-0.15, -0.1) is 0 Å². The maximum Gasteiger partial charge on any atom is 0.178 e. The molecule has 0 saturated heterocycles. The van der Waals surface area contributed by atoms with Crippen molar-refractivity contribution in [3.8, 4) is 0 Å². The van der Waals surface area contributed by atoms with Crippen molar-refractivity contribution >= 4 is 15.5 Å². The minimum Gasteiger partial charge on any atom is -0.324 e. The summed E-state index contributed by atoms with van der Waals surface area (Å²) in [5, 5.41) is 0. The van der Waals surface area contributed by atoms with Crippen LogP contribution in [0.15, 0.2) is 29.2 Å². The molecule has 0 amide bonds. The molecule has 0 radical (unpaired) electrons. The number of nitrogen functional groups attached to an aromatic ring is 1. The van der Waals surface area contributed by atoms with Crippen molar-refractivity contribution in [2.45, 2.75) is 18.7 Å². The molecule has 0 aliphatic heterocycles. The predicted octanol–water partition coefficient (Wildman–Crippen LogP) is 1.40. The van der Waals surface area contributed by atoms with Gasteiger partial charge in [0.05, 0.1) is 10.6 Å². The van der Waals surface area contributed by atoms with E-state index in [0.29, 0.717) is 10.6 Å². The highest BCUT2D eigenvalue weighted by molar-refractivity contribution is 7.91. The average molecular weight is 228 g/mol. The van der Waals surface area contributed by atoms with Crippen molar-refractivity contribution in [1.29, 1.82) is 0 Å². The zero-order valence-electron chi connectivity index (χ0n) is 8.90. The molecule has 0 fully saturated rings. The van der Waals surface area contributed by atoms with Gasteiger partial charge in [-0.3, -0.25) is 5.84 Å². The number of sulfone groups is 1. The summed E-state index contributed by atoms with van der Waals surface area (Å²) in [7, 11) is -3.19. The van der Waals surface area contributed by atoms with E-state index in [4.69, 9.17) is 5.84 Å². The fourth-order valence-corrected chi connectivity index (χ4v) is 2.98. The third kappa shape index (κ3) is 3.21. The van der Waals surface area contributed by atoms with Crippen molar-refractivity contribution < 1.29 is 8.42 Å². The molecule has 5 heteroatoms. The van der Waals surface area contributed by atoms with Crippen LogP contribution in [-0.2, 0) is 9.84 Å². The van der Waals surface area contributed by atoms with Gasteiger partial charge < -0.3 is 5.43 Å². The third-order valence-corrected chi connectivity index (χ3v) is 3.99. The molecule has 0 aromatic heterocycles. The van der Waals surface area contributed by atoms with E-state index in [0.717, 1.165) is 0 Å². The number of hydrazine groups is 1. The molecule has 84 valence electrons. The molecule has 0 saturated carbocycles. The Labute approximate surface area is 90.4 Å². The summed E-state index contributed by atoms with van der Waals surface area (Å²) in [6.45, 7) is 3.76. The van der Waals surface area contributed by atoms with Crippen LogP contribution in [0.5, 0.6) is 0 Å². The molecule has 0 aliphatic rings. The summed E-state index contributed by atoms with van der Waals surface area (Å²) in [6.07, 6.45) is 0. The summed E-state index contributed by atoms with van der Waals surface area (Å²) >= 11 is 0. The van der Waals surface area contributed by atoms with Gasteiger partial charge in [-0.25, -0.2) is 8.42 Å². The Morgan fingerprint density at radius 2 is 2.07 bits per heavy atom. The van der Waals surface area contributed by atoms with Crippen LogP contribution in [0, 0.1) is 5.92 Å². The maximum absolute atomic E-state index is 11.8. The van der Waals surface area contributed by atoms with Crippen LogP contribution in [0.2, 0.25) is 0 Å². The Bertz CT molecular complexity index is 427. The molecular formula is C10H16N2O2S. The standard InChI is InChI=1S/C10H16N2O2S/c1-8(2)7-15(13,14)10-5-3-4-9(6-10)12-11/h3-6,8,12H,7,11H2,1-2H3. The van der Waals surface area contributed by atoms with Crippen molar-refractivity contribution in [3.63, 3.8) is 0 Å². The number of hydrogen-bond acceptors (Lipinski definition) is 4. The molecule has 0 spiro atoms. The first-order valence-corrected chi connectivity index (χ1v) is 6.40. The van der Waals surface area contributed by atoms with Crippen molar-refractivity contribution in [1.82, 2.24) is 0 Å². The second-order valence-electron chi connectivity index (χ2n) is 3.85. The first kappa shape index (κ1) is 12.0. The lowest BCUT2D eigenvalue weighted by Gasteiger charge is -2.08. The summed E-state index contributed by atoms with van der Waals surface area (Å²) in [5.74, 6) is 5.49. The maximum atomic E-state index is 11.8. The molecule has 3 N–H and O–H groups in total. The number of hydrogen-bond donors (Lipinski definition) is 2. The molecule has 0 heterocycles. The van der Waals surface area contributed by atoms with Crippen LogP contribution >= 0.6 is 0 Å². The molecule has 0 unspecified atom stereocenters. The van der Waals surface area contributed by atoms with Gasteiger partial charge in [-0.1, -0.05) is 19.9 Å². The third-order valence-electron chi connectivity index (χ3n) is 1.91. The molecular weight excluding hydrogens is 212 g/mol. The normalized spacial score (nSPS) is 11.7. The quantitative estimate of drug-likeness (QED) is 0.603. The topological polar surface area (TPSA) is 72.2 Å². The van der Waals surface area contributed by atoms with Gasteiger partial charge in [0.1, 0.15) is 0 Å². The molecule has 1 aromatic rings. The number of anilines is 1. The van der Waals surface area contributed by atoms with E-state index >= 15 is 0 Å². The highest BCUT2D eigenvalue weighted by atomic mass is 32.2. The van der Waals surface area contributed by atoms with Gasteiger partial charge in [0, 0.05) is 5.69 Å². The zero-order chi connectivity index (χ0) is 11.5. The van der Waals surface area contributed by atoms with Crippen LogP contribution in [0.4, 0.5) is 5.69 Å². The summed E-state index contributed by atoms with van der Waals surface area (Å²) in [5.41, 5.74) is 3.03. The molecule has 1 aromatic carbocycles. The lowest BCUT2D eigenvalue weighted by Crippen LogP contribution is -2.13. The van der Waals surface area contributed by atoms with E-state index < -0.39 is 9.84 Å². The summed E-state index contributed by atoms with van der Waals surface area (Å²) in [4.78, 5) is 0.312. The molecule has 0 bridgehead atoms. The van der Waals surface area contributed by atoms with Gasteiger partial charge in [0.2, 0.25) is 0 Å². The van der Waals surface area contributed by atoms with Gasteiger partial charge in [0.25, 0.3) is 0 Å². The smallest absolute Gasteiger partial charge is 0.178 e. The molecule has 1 rings (SSSR count). The van der Waals surface area contributed by atoms with E-state index in [-0.39, 0.29) is 11.7 Å². The van der Waals surface area contributed by atoms with Crippen LogP contribution in [0.25, 0.3) is 0 Å². The fourth-order valence-electron chi connectivity index (χ4n) is 1.31. The Kier molecular flexibility index (Phi) is 3.71. The van der Waals surface area contributed by atoms with E-state index in [1.807, 2.05) is 13.8 Å². The Morgan fingerprint density at radius 3 is 2.60 bits per heavy atom. The monoisotopic (exact) mass is 228 g/mol. The Balaban J connectivity index is 3.04. The van der Waals surface area contributed by atoms with Crippen molar-refractivity contribution in [2.24, 2.45) is 11.8 Å². The van der Waals surface area contributed by atoms with Crippen molar-refractivity contribution in [3.05, 3.63) is 24.3 Å². The van der Waals surface area contributed by atoms with E-state index in [1.54, 1.807) is 18.2 Å². The summed E-state index contributed by atoms with van der Waals surface area (Å²) < 4.78 is 23.7. The largest absolute Gasteiger partial charge is 0.324 e. The van der Waals surface area contributed by atoms with Crippen LogP contribution in [0.1, 0.15) is 13.8 Å². The number of rotatable bonds is 4. The molecule has 0 aliphatic carbocycles. The molecule has 15 heavy (non-hydrogen) atoms. The highest BCUT2D eigenvalue weighted by Gasteiger charge is 2.16. The van der Waals surface area contributed by atoms with Gasteiger partial charge >= 0.3 is 0 Å². The Hall–Kier alpha value is -1.07. The SMILES string of the molecule is CC(C)CS(=O)(=O)c1cccc(NN)c1. The predicted molar refractivity (Wildman–Crippen MR) is 61.1 cm³/mol. The first-order valence-electron chi connectivity index (χ1n) is 4.75.